The number of benzene rings is 2. The summed E-state index contributed by atoms with van der Waals surface area (Å²) in [6.07, 6.45) is 0.928. The molecule has 0 radical (unpaired) electrons. The van der Waals surface area contributed by atoms with E-state index >= 15 is 0 Å². The smallest absolute Gasteiger partial charge is 0.172 e. The number of nitrogens with two attached hydrogens (primary N) is 1. The van der Waals surface area contributed by atoms with Crippen molar-refractivity contribution in [2.75, 3.05) is 5.73 Å². The van der Waals surface area contributed by atoms with Crippen molar-refractivity contribution in [2.24, 2.45) is 5.92 Å². The first-order valence-electron chi connectivity index (χ1n) is 7.18. The van der Waals surface area contributed by atoms with Crippen LogP contribution < -0.4 is 5.73 Å². The second-order valence-corrected chi connectivity index (χ2v) is 5.78. The minimum Gasteiger partial charge on any atom is -0.399 e. The molecule has 0 fully saturated rings. The summed E-state index contributed by atoms with van der Waals surface area (Å²) in [5.74, 6) is 0.117. The van der Waals surface area contributed by atoms with Crippen molar-refractivity contribution in [3.8, 4) is 0 Å². The lowest BCUT2D eigenvalue weighted by Gasteiger charge is -2.23. The number of carbonyl (C=O) groups excluding carboxylic acids is 1. The van der Waals surface area contributed by atoms with E-state index in [1.165, 1.54) is 0 Å². The zero-order valence-corrected chi connectivity index (χ0v) is 13.1. The molecule has 0 saturated heterocycles. The molecule has 2 N–H and O–H groups in total. The van der Waals surface area contributed by atoms with Crippen LogP contribution in [0.1, 0.15) is 42.1 Å². The number of hydrogen-bond acceptors (Lipinski definition) is 2. The van der Waals surface area contributed by atoms with Crippen LogP contribution in [0.2, 0.25) is 5.02 Å². The molecule has 2 rings (SSSR count). The van der Waals surface area contributed by atoms with Crippen LogP contribution in [-0.2, 0) is 0 Å². The van der Waals surface area contributed by atoms with Crippen LogP contribution in [0.5, 0.6) is 0 Å². The molecule has 0 aliphatic heterocycles. The van der Waals surface area contributed by atoms with Crippen LogP contribution in [0.15, 0.2) is 48.5 Å². The predicted octanol–water partition coefficient (Wildman–Crippen LogP) is 4.93. The fourth-order valence-corrected chi connectivity index (χ4v) is 2.82. The van der Waals surface area contributed by atoms with Crippen LogP contribution in [-0.4, -0.2) is 5.78 Å². The molecule has 2 aromatic carbocycles. The highest BCUT2D eigenvalue weighted by molar-refractivity contribution is 6.34. The van der Waals surface area contributed by atoms with Gasteiger partial charge >= 0.3 is 0 Å². The largest absolute Gasteiger partial charge is 0.399 e. The highest BCUT2D eigenvalue weighted by Crippen LogP contribution is 2.33. The number of anilines is 1. The third kappa shape index (κ3) is 3.45. The molecule has 0 amide bonds. The molecule has 0 bridgehead atoms. The number of carbonyl (C=O) groups is 1. The van der Waals surface area contributed by atoms with Gasteiger partial charge in [-0.05, 0) is 29.7 Å². The summed E-state index contributed by atoms with van der Waals surface area (Å²) in [4.78, 5) is 13.0. The van der Waals surface area contributed by atoms with Crippen LogP contribution >= 0.6 is 11.6 Å². The van der Waals surface area contributed by atoms with Crippen molar-refractivity contribution in [1.82, 2.24) is 0 Å². The minimum absolute atomic E-state index is 0.0561. The third-order valence-electron chi connectivity index (χ3n) is 3.91. The van der Waals surface area contributed by atoms with Gasteiger partial charge < -0.3 is 5.73 Å². The molecule has 0 heterocycles. The first-order valence-corrected chi connectivity index (χ1v) is 7.56. The van der Waals surface area contributed by atoms with Gasteiger partial charge in [0.05, 0.1) is 5.02 Å². The fourth-order valence-electron chi connectivity index (χ4n) is 2.53. The van der Waals surface area contributed by atoms with Gasteiger partial charge in [-0.3, -0.25) is 4.79 Å². The zero-order valence-electron chi connectivity index (χ0n) is 12.3. The quantitative estimate of drug-likeness (QED) is 0.628. The monoisotopic (exact) mass is 301 g/mol. The Kier molecular flexibility index (Phi) is 5.03. The van der Waals surface area contributed by atoms with Gasteiger partial charge in [0, 0.05) is 17.2 Å². The lowest BCUT2D eigenvalue weighted by molar-refractivity contribution is 0.0932. The second-order valence-electron chi connectivity index (χ2n) is 5.38. The zero-order chi connectivity index (χ0) is 15.4. The van der Waals surface area contributed by atoms with E-state index in [0.29, 0.717) is 16.3 Å². The molecule has 0 spiro atoms. The Bertz CT molecular complexity index is 624. The standard InChI is InChI=1S/C18H20ClNO/c1-3-12(2)17(13-7-5-4-6-8-13)18(21)15-10-9-14(20)11-16(15)19/h4-12,17H,3,20H2,1-2H3. The maximum absolute atomic E-state index is 13.0. The normalized spacial score (nSPS) is 13.7. The molecule has 2 aromatic rings. The molecule has 2 nitrogen and oxygen atoms in total. The molecular formula is C18H20ClNO. The van der Waals surface area contributed by atoms with Crippen LogP contribution in [0.4, 0.5) is 5.69 Å². The van der Waals surface area contributed by atoms with Crippen LogP contribution in [0, 0.1) is 5.92 Å². The molecule has 0 aromatic heterocycles. The molecule has 0 aliphatic rings. The Morgan fingerprint density at radius 3 is 2.43 bits per heavy atom. The van der Waals surface area contributed by atoms with E-state index in [-0.39, 0.29) is 17.6 Å². The van der Waals surface area contributed by atoms with Crippen LogP contribution in [0.3, 0.4) is 0 Å². The van der Waals surface area contributed by atoms with E-state index in [9.17, 15) is 4.79 Å². The fraction of sp³-hybridized carbons (Fsp3) is 0.278. The van der Waals surface area contributed by atoms with E-state index in [0.717, 1.165) is 12.0 Å². The molecule has 110 valence electrons. The van der Waals surface area contributed by atoms with Gasteiger partial charge in [0.15, 0.2) is 5.78 Å². The summed E-state index contributed by atoms with van der Waals surface area (Å²) in [6, 6.07) is 15.0. The maximum Gasteiger partial charge on any atom is 0.172 e. The Morgan fingerprint density at radius 1 is 1.19 bits per heavy atom. The van der Waals surface area contributed by atoms with Crippen molar-refractivity contribution >= 4 is 23.1 Å². The number of hydrogen-bond donors (Lipinski definition) is 1. The number of halogens is 1. The van der Waals surface area contributed by atoms with Gasteiger partial charge in [-0.1, -0.05) is 62.2 Å². The molecule has 21 heavy (non-hydrogen) atoms. The lowest BCUT2D eigenvalue weighted by atomic mass is 9.80. The minimum atomic E-state index is -0.183. The molecule has 3 heteroatoms. The van der Waals surface area contributed by atoms with Crippen molar-refractivity contribution in [1.29, 1.82) is 0 Å². The topological polar surface area (TPSA) is 43.1 Å². The maximum atomic E-state index is 13.0. The van der Waals surface area contributed by atoms with E-state index < -0.39 is 0 Å². The Morgan fingerprint density at radius 2 is 1.86 bits per heavy atom. The predicted molar refractivity (Wildman–Crippen MR) is 88.8 cm³/mol. The molecule has 0 aliphatic carbocycles. The average Bonchev–Trinajstić information content (AvgIpc) is 2.48. The summed E-state index contributed by atoms with van der Waals surface area (Å²) in [5, 5.41) is 0.421. The van der Waals surface area contributed by atoms with E-state index in [1.54, 1.807) is 18.2 Å². The highest BCUT2D eigenvalue weighted by Gasteiger charge is 2.28. The van der Waals surface area contributed by atoms with Crippen molar-refractivity contribution in [3.63, 3.8) is 0 Å². The molecule has 2 unspecified atom stereocenters. The number of rotatable bonds is 5. The SMILES string of the molecule is CCC(C)C(C(=O)c1ccc(N)cc1Cl)c1ccccc1. The highest BCUT2D eigenvalue weighted by atomic mass is 35.5. The van der Waals surface area contributed by atoms with Crippen molar-refractivity contribution in [3.05, 3.63) is 64.7 Å². The van der Waals surface area contributed by atoms with Gasteiger partial charge in [-0.15, -0.1) is 0 Å². The number of Topliss-reactive ketones (excluding diaryl/α,β-unsaturated/α-hetero) is 1. The van der Waals surface area contributed by atoms with Gasteiger partial charge in [-0.2, -0.15) is 0 Å². The average molecular weight is 302 g/mol. The van der Waals surface area contributed by atoms with E-state index in [1.807, 2.05) is 30.3 Å². The van der Waals surface area contributed by atoms with Gasteiger partial charge in [0.25, 0.3) is 0 Å². The second kappa shape index (κ2) is 6.77. The molecule has 0 saturated carbocycles. The van der Waals surface area contributed by atoms with Crippen molar-refractivity contribution in [2.45, 2.75) is 26.2 Å². The van der Waals surface area contributed by atoms with Gasteiger partial charge in [0.1, 0.15) is 0 Å². The summed E-state index contributed by atoms with van der Waals surface area (Å²) in [5.41, 5.74) is 7.85. The van der Waals surface area contributed by atoms with E-state index in [2.05, 4.69) is 13.8 Å². The lowest BCUT2D eigenvalue weighted by Crippen LogP contribution is -2.20. The van der Waals surface area contributed by atoms with Crippen molar-refractivity contribution < 1.29 is 4.79 Å². The summed E-state index contributed by atoms with van der Waals surface area (Å²) < 4.78 is 0. The number of nitrogen functional groups attached to an aromatic ring is 1. The van der Waals surface area contributed by atoms with Crippen LogP contribution in [0.25, 0.3) is 0 Å². The Balaban J connectivity index is 2.44. The van der Waals surface area contributed by atoms with Gasteiger partial charge in [0.2, 0.25) is 0 Å². The summed E-state index contributed by atoms with van der Waals surface area (Å²) in [7, 11) is 0. The number of ketones is 1. The molecule has 2 atom stereocenters. The van der Waals surface area contributed by atoms with E-state index in [4.69, 9.17) is 17.3 Å². The Labute approximate surface area is 130 Å². The van der Waals surface area contributed by atoms with Gasteiger partial charge in [-0.25, -0.2) is 0 Å². The third-order valence-corrected chi connectivity index (χ3v) is 4.23. The summed E-state index contributed by atoms with van der Waals surface area (Å²) in [6.45, 7) is 4.19. The first kappa shape index (κ1) is 15.6. The Hall–Kier alpha value is -1.80. The summed E-state index contributed by atoms with van der Waals surface area (Å²) >= 11 is 6.20. The first-order chi connectivity index (χ1) is 10.0. The molecular weight excluding hydrogens is 282 g/mol.